The van der Waals surface area contributed by atoms with Crippen molar-refractivity contribution in [3.05, 3.63) is 47.0 Å². The Labute approximate surface area is 134 Å². The van der Waals surface area contributed by atoms with E-state index in [1.165, 1.54) is 0 Å². The minimum Gasteiger partial charge on any atom is -0.336 e. The van der Waals surface area contributed by atoms with Crippen LogP contribution in [0.4, 0.5) is 4.79 Å². The molecule has 118 valence electrons. The van der Waals surface area contributed by atoms with Gasteiger partial charge in [-0.3, -0.25) is 0 Å². The minimum absolute atomic E-state index is 0.111. The van der Waals surface area contributed by atoms with Crippen LogP contribution in [0.2, 0.25) is 5.02 Å². The quantitative estimate of drug-likeness (QED) is 0.859. The predicted octanol–water partition coefficient (Wildman–Crippen LogP) is 2.55. The standard InChI is InChI=1S/C15H20ClN5O/c1-3-14-20-18-10-21(14)8-7-17-15(22)19-11(2)12-5-4-6-13(16)9-12/h4-6,9-11H,3,7-8H2,1-2H3,(H2,17,19,22)/t11-/m1/s1. The van der Waals surface area contributed by atoms with E-state index in [1.807, 2.05) is 42.7 Å². The number of hydrogen-bond donors (Lipinski definition) is 2. The van der Waals surface area contributed by atoms with Crippen molar-refractivity contribution in [3.8, 4) is 0 Å². The SMILES string of the molecule is CCc1nncn1CCNC(=O)N[C@H](C)c1cccc(Cl)c1. The van der Waals surface area contributed by atoms with Gasteiger partial charge in [0.05, 0.1) is 6.04 Å². The van der Waals surface area contributed by atoms with E-state index in [9.17, 15) is 4.79 Å². The monoisotopic (exact) mass is 321 g/mol. The van der Waals surface area contributed by atoms with Gasteiger partial charge in [-0.25, -0.2) is 4.79 Å². The number of carbonyl (C=O) groups is 1. The molecule has 2 aromatic rings. The molecule has 0 unspecified atom stereocenters. The molecule has 2 amide bonds. The molecule has 1 heterocycles. The van der Waals surface area contributed by atoms with Crippen LogP contribution in [0.3, 0.4) is 0 Å². The van der Waals surface area contributed by atoms with Gasteiger partial charge in [-0.05, 0) is 24.6 Å². The van der Waals surface area contributed by atoms with Gasteiger partial charge in [0.25, 0.3) is 0 Å². The van der Waals surface area contributed by atoms with Crippen molar-refractivity contribution in [1.82, 2.24) is 25.4 Å². The molecule has 7 heteroatoms. The van der Waals surface area contributed by atoms with Crippen molar-refractivity contribution in [2.75, 3.05) is 6.54 Å². The Hall–Kier alpha value is -2.08. The third-order valence-electron chi connectivity index (χ3n) is 3.35. The number of hydrogen-bond acceptors (Lipinski definition) is 3. The summed E-state index contributed by atoms with van der Waals surface area (Å²) in [4.78, 5) is 11.9. The van der Waals surface area contributed by atoms with E-state index in [-0.39, 0.29) is 12.1 Å². The van der Waals surface area contributed by atoms with Gasteiger partial charge in [-0.2, -0.15) is 0 Å². The Morgan fingerprint density at radius 1 is 1.45 bits per heavy atom. The zero-order chi connectivity index (χ0) is 15.9. The van der Waals surface area contributed by atoms with E-state index in [1.54, 1.807) is 6.33 Å². The lowest BCUT2D eigenvalue weighted by molar-refractivity contribution is 0.237. The van der Waals surface area contributed by atoms with Gasteiger partial charge in [0, 0.05) is 24.5 Å². The molecule has 0 saturated heterocycles. The van der Waals surface area contributed by atoms with Gasteiger partial charge in [-0.15, -0.1) is 10.2 Å². The number of benzene rings is 1. The molecule has 0 aliphatic carbocycles. The first-order chi connectivity index (χ1) is 10.6. The highest BCUT2D eigenvalue weighted by Gasteiger charge is 2.09. The summed E-state index contributed by atoms with van der Waals surface area (Å²) in [6, 6.07) is 7.13. The third-order valence-corrected chi connectivity index (χ3v) is 3.58. The van der Waals surface area contributed by atoms with Crippen molar-refractivity contribution >= 4 is 17.6 Å². The molecular weight excluding hydrogens is 302 g/mol. The Balaban J connectivity index is 1.78. The van der Waals surface area contributed by atoms with Crippen molar-refractivity contribution in [2.45, 2.75) is 32.9 Å². The lowest BCUT2D eigenvalue weighted by Crippen LogP contribution is -2.38. The molecule has 22 heavy (non-hydrogen) atoms. The van der Waals surface area contributed by atoms with Crippen LogP contribution in [-0.2, 0) is 13.0 Å². The number of aryl methyl sites for hydroxylation is 1. The Morgan fingerprint density at radius 2 is 2.27 bits per heavy atom. The molecular formula is C15H20ClN5O. The topological polar surface area (TPSA) is 71.8 Å². The molecule has 2 rings (SSSR count). The van der Waals surface area contributed by atoms with Crippen LogP contribution in [0.1, 0.15) is 31.3 Å². The molecule has 0 radical (unpaired) electrons. The van der Waals surface area contributed by atoms with Crippen molar-refractivity contribution in [3.63, 3.8) is 0 Å². The van der Waals surface area contributed by atoms with E-state index in [2.05, 4.69) is 20.8 Å². The number of carbonyl (C=O) groups excluding carboxylic acids is 1. The van der Waals surface area contributed by atoms with E-state index in [0.717, 1.165) is 17.8 Å². The second kappa shape index (κ2) is 7.79. The minimum atomic E-state index is -0.210. The fourth-order valence-corrected chi connectivity index (χ4v) is 2.34. The number of rotatable bonds is 6. The van der Waals surface area contributed by atoms with E-state index in [0.29, 0.717) is 18.1 Å². The maximum atomic E-state index is 11.9. The highest BCUT2D eigenvalue weighted by Crippen LogP contribution is 2.16. The van der Waals surface area contributed by atoms with Crippen LogP contribution >= 0.6 is 11.6 Å². The lowest BCUT2D eigenvalue weighted by Gasteiger charge is -2.15. The van der Waals surface area contributed by atoms with Gasteiger partial charge in [0.15, 0.2) is 0 Å². The Morgan fingerprint density at radius 3 is 3.00 bits per heavy atom. The predicted molar refractivity (Wildman–Crippen MR) is 85.8 cm³/mol. The van der Waals surface area contributed by atoms with Crippen LogP contribution in [0.5, 0.6) is 0 Å². The largest absolute Gasteiger partial charge is 0.336 e. The molecule has 0 aliphatic heterocycles. The highest BCUT2D eigenvalue weighted by molar-refractivity contribution is 6.30. The summed E-state index contributed by atoms with van der Waals surface area (Å²) >= 11 is 5.95. The fourth-order valence-electron chi connectivity index (χ4n) is 2.14. The summed E-state index contributed by atoms with van der Waals surface area (Å²) in [5, 5.41) is 14.2. The maximum absolute atomic E-state index is 11.9. The molecule has 0 saturated carbocycles. The van der Waals surface area contributed by atoms with Crippen LogP contribution in [0.25, 0.3) is 0 Å². The van der Waals surface area contributed by atoms with E-state index >= 15 is 0 Å². The van der Waals surface area contributed by atoms with Gasteiger partial charge in [-0.1, -0.05) is 30.7 Å². The summed E-state index contributed by atoms with van der Waals surface area (Å²) in [7, 11) is 0. The average molecular weight is 322 g/mol. The number of nitrogens with zero attached hydrogens (tertiary/aromatic N) is 3. The highest BCUT2D eigenvalue weighted by atomic mass is 35.5. The van der Waals surface area contributed by atoms with Crippen molar-refractivity contribution in [2.24, 2.45) is 0 Å². The molecule has 0 spiro atoms. The third kappa shape index (κ3) is 4.46. The summed E-state index contributed by atoms with van der Waals surface area (Å²) in [5.41, 5.74) is 0.967. The zero-order valence-electron chi connectivity index (χ0n) is 12.7. The molecule has 1 atom stereocenters. The second-order valence-electron chi connectivity index (χ2n) is 4.97. The number of amides is 2. The smallest absolute Gasteiger partial charge is 0.315 e. The molecule has 2 N–H and O–H groups in total. The van der Waals surface area contributed by atoms with Crippen LogP contribution < -0.4 is 10.6 Å². The first kappa shape index (κ1) is 16.3. The molecule has 0 bridgehead atoms. The second-order valence-corrected chi connectivity index (χ2v) is 5.41. The number of halogens is 1. The summed E-state index contributed by atoms with van der Waals surface area (Å²) in [6.07, 6.45) is 2.49. The average Bonchev–Trinajstić information content (AvgIpc) is 2.94. The number of nitrogens with one attached hydrogen (secondary N) is 2. The Bertz CT molecular complexity index is 628. The van der Waals surface area contributed by atoms with E-state index in [4.69, 9.17) is 11.6 Å². The molecule has 0 fully saturated rings. The first-order valence-electron chi connectivity index (χ1n) is 7.26. The summed E-state index contributed by atoms with van der Waals surface area (Å²) in [6.45, 7) is 5.10. The number of aromatic nitrogens is 3. The Kier molecular flexibility index (Phi) is 5.77. The van der Waals surface area contributed by atoms with Crippen molar-refractivity contribution < 1.29 is 4.79 Å². The fraction of sp³-hybridized carbons (Fsp3) is 0.400. The molecule has 0 aliphatic rings. The summed E-state index contributed by atoms with van der Waals surface area (Å²) < 4.78 is 1.93. The first-order valence-corrected chi connectivity index (χ1v) is 7.64. The zero-order valence-corrected chi connectivity index (χ0v) is 13.5. The van der Waals surface area contributed by atoms with Crippen LogP contribution in [0, 0.1) is 0 Å². The normalized spacial score (nSPS) is 12.0. The van der Waals surface area contributed by atoms with Gasteiger partial charge >= 0.3 is 6.03 Å². The van der Waals surface area contributed by atoms with Gasteiger partial charge in [0.2, 0.25) is 0 Å². The van der Waals surface area contributed by atoms with Crippen molar-refractivity contribution in [1.29, 1.82) is 0 Å². The van der Waals surface area contributed by atoms with Gasteiger partial charge in [0.1, 0.15) is 12.2 Å². The van der Waals surface area contributed by atoms with Crippen LogP contribution in [0.15, 0.2) is 30.6 Å². The lowest BCUT2D eigenvalue weighted by atomic mass is 10.1. The van der Waals surface area contributed by atoms with Crippen LogP contribution in [-0.4, -0.2) is 27.3 Å². The van der Waals surface area contributed by atoms with E-state index < -0.39 is 0 Å². The maximum Gasteiger partial charge on any atom is 0.315 e. The summed E-state index contributed by atoms with van der Waals surface area (Å²) in [5.74, 6) is 0.912. The molecule has 1 aromatic heterocycles. The number of urea groups is 1. The molecule has 1 aromatic carbocycles. The molecule has 6 nitrogen and oxygen atoms in total. The van der Waals surface area contributed by atoms with Gasteiger partial charge < -0.3 is 15.2 Å².